The van der Waals surface area contributed by atoms with Crippen LogP contribution in [0.3, 0.4) is 0 Å². The van der Waals surface area contributed by atoms with Crippen molar-refractivity contribution in [2.24, 2.45) is 11.8 Å². The highest BCUT2D eigenvalue weighted by Crippen LogP contribution is 2.45. The summed E-state index contributed by atoms with van der Waals surface area (Å²) in [5.74, 6) is -0.565. The van der Waals surface area contributed by atoms with Crippen LogP contribution in [0.5, 0.6) is 0 Å². The van der Waals surface area contributed by atoms with Gasteiger partial charge in [-0.15, -0.1) is 0 Å². The van der Waals surface area contributed by atoms with E-state index in [-0.39, 0.29) is 25.7 Å². The maximum atomic E-state index is 13.1. The molecule has 3 N–H and O–H groups in total. The molecule has 0 heterocycles. The van der Waals surface area contributed by atoms with Crippen LogP contribution in [-0.4, -0.2) is 96.7 Å². The Morgan fingerprint density at radius 2 is 0.526 bits per heavy atom. The first kappa shape index (κ1) is 95.1. The molecule has 0 aromatic heterocycles. The van der Waals surface area contributed by atoms with Crippen LogP contribution in [0.2, 0.25) is 0 Å². The number of aliphatic hydroxyl groups is 1. The maximum absolute atomic E-state index is 13.1. The molecule has 0 aliphatic carbocycles. The van der Waals surface area contributed by atoms with E-state index in [1.54, 1.807) is 0 Å². The SMILES string of the molecule is CCCCCCCCCCCCCCCCCCC(=O)OC[C@H](COP(=O)(O)OC[C@@H](O)COP(=O)(O)OC[C@@H](COC(=O)CCCCCCCCC(C)C)OC(=O)CCCCCCCCCCCC)OC(=O)CCCCCCCCCCCCCCCCCCCCC(C)CC. The predicted molar refractivity (Wildman–Crippen MR) is 395 cm³/mol. The van der Waals surface area contributed by atoms with Crippen LogP contribution in [-0.2, 0) is 65.4 Å². The number of rotatable bonds is 77. The summed E-state index contributed by atoms with van der Waals surface area (Å²) in [5, 5.41) is 10.6. The average molecular weight is 1420 g/mol. The first-order valence-corrected chi connectivity index (χ1v) is 43.5. The molecule has 19 heteroatoms. The van der Waals surface area contributed by atoms with E-state index in [0.717, 1.165) is 102 Å². The Bertz CT molecular complexity index is 1870. The Morgan fingerprint density at radius 1 is 0.299 bits per heavy atom. The van der Waals surface area contributed by atoms with Gasteiger partial charge >= 0.3 is 39.5 Å². The first-order chi connectivity index (χ1) is 46.9. The van der Waals surface area contributed by atoms with Crippen LogP contribution < -0.4 is 0 Å². The highest BCUT2D eigenvalue weighted by molar-refractivity contribution is 7.47. The van der Waals surface area contributed by atoms with Crippen LogP contribution >= 0.6 is 15.6 Å². The molecule has 0 aromatic rings. The number of esters is 4. The number of hydrogen-bond donors (Lipinski definition) is 3. The summed E-state index contributed by atoms with van der Waals surface area (Å²) in [6.07, 6.45) is 58.5. The summed E-state index contributed by atoms with van der Waals surface area (Å²) < 4.78 is 68.5. The molecule has 17 nitrogen and oxygen atoms in total. The number of carbonyl (C=O) groups is 4. The lowest BCUT2D eigenvalue weighted by Gasteiger charge is -2.21. The number of carbonyl (C=O) groups excluding carboxylic acids is 4. The lowest BCUT2D eigenvalue weighted by molar-refractivity contribution is -0.161. The average Bonchev–Trinajstić information content (AvgIpc) is 2.35. The number of phosphoric ester groups is 2. The van der Waals surface area contributed by atoms with Crippen LogP contribution in [0.15, 0.2) is 0 Å². The van der Waals surface area contributed by atoms with Crippen LogP contribution in [0.25, 0.3) is 0 Å². The van der Waals surface area contributed by atoms with Crippen LogP contribution in [0.4, 0.5) is 0 Å². The second kappa shape index (κ2) is 69.8. The van der Waals surface area contributed by atoms with Gasteiger partial charge in [0.1, 0.15) is 19.3 Å². The third kappa shape index (κ3) is 70.9. The van der Waals surface area contributed by atoms with Crippen molar-refractivity contribution in [2.75, 3.05) is 39.6 Å². The van der Waals surface area contributed by atoms with E-state index >= 15 is 0 Å². The highest BCUT2D eigenvalue weighted by Gasteiger charge is 2.30. The van der Waals surface area contributed by atoms with Crippen molar-refractivity contribution in [2.45, 2.75) is 426 Å². The molecule has 0 fully saturated rings. The zero-order chi connectivity index (χ0) is 71.4. The van der Waals surface area contributed by atoms with Crippen molar-refractivity contribution in [3.05, 3.63) is 0 Å². The summed E-state index contributed by atoms with van der Waals surface area (Å²) in [6, 6.07) is 0. The number of unbranched alkanes of at least 4 members (excludes halogenated alkanes) is 46. The van der Waals surface area contributed by atoms with E-state index in [1.807, 2.05) is 0 Å². The zero-order valence-electron chi connectivity index (χ0n) is 63.4. The van der Waals surface area contributed by atoms with E-state index in [1.165, 1.54) is 218 Å². The van der Waals surface area contributed by atoms with Gasteiger partial charge in [0.25, 0.3) is 0 Å². The van der Waals surface area contributed by atoms with Crippen molar-refractivity contribution >= 4 is 39.5 Å². The fourth-order valence-corrected chi connectivity index (χ4v) is 13.6. The summed E-state index contributed by atoms with van der Waals surface area (Å²) in [7, 11) is -9.91. The normalized spacial score (nSPS) is 14.2. The summed E-state index contributed by atoms with van der Waals surface area (Å²) in [5.41, 5.74) is 0. The van der Waals surface area contributed by atoms with E-state index in [0.29, 0.717) is 31.6 Å². The minimum atomic E-state index is -4.96. The maximum Gasteiger partial charge on any atom is 0.472 e. The molecule has 0 spiro atoms. The fraction of sp³-hybridized carbons (Fsp3) is 0.949. The molecule has 0 aliphatic rings. The third-order valence-electron chi connectivity index (χ3n) is 18.6. The quantitative estimate of drug-likeness (QED) is 0.0222. The molecular formula is C78H152O17P2. The Morgan fingerprint density at radius 3 is 0.784 bits per heavy atom. The molecule has 0 amide bonds. The Labute approximate surface area is 594 Å². The van der Waals surface area contributed by atoms with Gasteiger partial charge in [0.2, 0.25) is 0 Å². The van der Waals surface area contributed by atoms with Gasteiger partial charge < -0.3 is 33.8 Å². The van der Waals surface area contributed by atoms with Gasteiger partial charge in [-0.25, -0.2) is 9.13 Å². The summed E-state index contributed by atoms with van der Waals surface area (Å²) in [4.78, 5) is 72.8. The smallest absolute Gasteiger partial charge is 0.462 e. The molecule has 0 radical (unpaired) electrons. The third-order valence-corrected chi connectivity index (χ3v) is 20.5. The number of aliphatic hydroxyl groups excluding tert-OH is 1. The van der Waals surface area contributed by atoms with Crippen molar-refractivity contribution in [1.82, 2.24) is 0 Å². The highest BCUT2D eigenvalue weighted by atomic mass is 31.2. The van der Waals surface area contributed by atoms with Gasteiger partial charge in [-0.3, -0.25) is 37.3 Å². The largest absolute Gasteiger partial charge is 0.472 e. The van der Waals surface area contributed by atoms with Crippen molar-refractivity contribution in [3.63, 3.8) is 0 Å². The number of hydrogen-bond acceptors (Lipinski definition) is 15. The monoisotopic (exact) mass is 1420 g/mol. The minimum absolute atomic E-state index is 0.106. The molecule has 0 rings (SSSR count). The molecule has 576 valence electrons. The van der Waals surface area contributed by atoms with Gasteiger partial charge in [-0.05, 0) is 37.5 Å². The molecule has 0 saturated carbocycles. The molecule has 6 atom stereocenters. The second-order valence-electron chi connectivity index (χ2n) is 28.8. The standard InChI is InChI=1S/C78H152O17P2/c1-7-10-12-14-16-18-20-21-22-28-31-34-38-41-48-54-60-75(80)88-66-73(94-78(83)63-57-51-43-39-35-32-29-26-24-23-25-27-30-33-36-40-47-53-59-71(6)9-3)68-92-96(84,85)90-64-72(79)65-91-97(86,87)93-69-74(67-89-76(81)61-55-49-45-44-46-52-58-70(4)5)95-77(82)62-56-50-42-37-19-17-15-13-11-8-2/h70-74,79H,7-69H2,1-6H3,(H,84,85)(H,86,87)/t71?,72-,73-,74-/m1/s1. The molecule has 0 aromatic carbocycles. The first-order valence-electron chi connectivity index (χ1n) is 40.5. The Hall–Kier alpha value is -1.94. The molecule has 0 aliphatic heterocycles. The van der Waals surface area contributed by atoms with Gasteiger partial charge in [0, 0.05) is 25.7 Å². The molecule has 97 heavy (non-hydrogen) atoms. The molecular weight excluding hydrogens is 1270 g/mol. The van der Waals surface area contributed by atoms with E-state index in [9.17, 15) is 43.2 Å². The zero-order valence-corrected chi connectivity index (χ0v) is 65.2. The van der Waals surface area contributed by atoms with Crippen molar-refractivity contribution < 1.29 is 80.2 Å². The number of phosphoric acid groups is 2. The molecule has 3 unspecified atom stereocenters. The predicted octanol–water partition coefficient (Wildman–Crippen LogP) is 23.1. The summed E-state index contributed by atoms with van der Waals surface area (Å²) in [6.45, 7) is 9.58. The lowest BCUT2D eigenvalue weighted by Crippen LogP contribution is -2.30. The topological polar surface area (TPSA) is 237 Å². The fourth-order valence-electron chi connectivity index (χ4n) is 12.0. The van der Waals surface area contributed by atoms with Gasteiger partial charge in [-0.2, -0.15) is 0 Å². The number of ether oxygens (including phenoxy) is 4. The second-order valence-corrected chi connectivity index (χ2v) is 31.7. The Kier molecular flexibility index (Phi) is 68.4. The van der Waals surface area contributed by atoms with Crippen LogP contribution in [0, 0.1) is 11.8 Å². The summed E-state index contributed by atoms with van der Waals surface area (Å²) >= 11 is 0. The van der Waals surface area contributed by atoms with Gasteiger partial charge in [-0.1, -0.05) is 356 Å². The van der Waals surface area contributed by atoms with Gasteiger partial charge in [0.05, 0.1) is 26.4 Å². The van der Waals surface area contributed by atoms with Gasteiger partial charge in [0.15, 0.2) is 12.2 Å². The van der Waals surface area contributed by atoms with E-state index < -0.39 is 97.5 Å². The molecule has 0 saturated heterocycles. The Balaban J connectivity index is 5.17. The lowest BCUT2D eigenvalue weighted by atomic mass is 9.99. The van der Waals surface area contributed by atoms with Crippen LogP contribution in [0.1, 0.15) is 408 Å². The van der Waals surface area contributed by atoms with Crippen molar-refractivity contribution in [1.29, 1.82) is 0 Å². The van der Waals surface area contributed by atoms with E-state index in [4.69, 9.17) is 37.0 Å². The van der Waals surface area contributed by atoms with E-state index in [2.05, 4.69) is 41.5 Å². The molecule has 0 bridgehead atoms. The van der Waals surface area contributed by atoms with Crippen molar-refractivity contribution in [3.8, 4) is 0 Å². The minimum Gasteiger partial charge on any atom is -0.462 e.